The molecule has 148 valence electrons. The van der Waals surface area contributed by atoms with Gasteiger partial charge in [0, 0.05) is 42.8 Å². The fourth-order valence-corrected chi connectivity index (χ4v) is 3.57. The van der Waals surface area contributed by atoms with Crippen LogP contribution in [0.15, 0.2) is 48.5 Å². The van der Waals surface area contributed by atoms with Crippen LogP contribution < -0.4 is 10.2 Å². The van der Waals surface area contributed by atoms with Gasteiger partial charge in [-0.05, 0) is 19.1 Å². The number of benzene rings is 2. The molecule has 1 aliphatic rings. The maximum Gasteiger partial charge on any atom is 0.294 e. The summed E-state index contributed by atoms with van der Waals surface area (Å²) in [5.74, 6) is 0.0908. The molecule has 0 spiro atoms. The number of hydrogen-bond acceptors (Lipinski definition) is 4. The molecule has 1 fully saturated rings. The number of rotatable bonds is 6. The highest BCUT2D eigenvalue weighted by Crippen LogP contribution is 2.31. The zero-order valence-corrected chi connectivity index (χ0v) is 16.5. The number of nitrogens with two attached hydrogens (primary N) is 1. The first-order valence-electron chi connectivity index (χ1n) is 9.30. The van der Waals surface area contributed by atoms with Crippen LogP contribution in [0.5, 0.6) is 0 Å². The Morgan fingerprint density at radius 3 is 2.50 bits per heavy atom. The first-order chi connectivity index (χ1) is 13.5. The molecular weight excluding hydrogens is 380 g/mol. The summed E-state index contributed by atoms with van der Waals surface area (Å²) < 4.78 is 0. The van der Waals surface area contributed by atoms with Gasteiger partial charge < -0.3 is 15.1 Å². The van der Waals surface area contributed by atoms with Crippen LogP contribution in [0.1, 0.15) is 18.5 Å². The maximum atomic E-state index is 12.5. The SMILES string of the molecule is C[C@H]([NH2+]CC(=O)N1CCN(c2ccc(Cl)cc2[N+](=O)[O-])CC1)c1ccccc1. The zero-order chi connectivity index (χ0) is 20.1. The molecule has 2 aromatic carbocycles. The zero-order valence-electron chi connectivity index (χ0n) is 15.8. The number of nitro benzene ring substituents is 1. The predicted molar refractivity (Wildman–Crippen MR) is 109 cm³/mol. The van der Waals surface area contributed by atoms with Crippen LogP contribution >= 0.6 is 11.6 Å². The summed E-state index contributed by atoms with van der Waals surface area (Å²) in [6.07, 6.45) is 0. The van der Waals surface area contributed by atoms with Crippen LogP contribution in [0, 0.1) is 10.1 Å². The van der Waals surface area contributed by atoms with Gasteiger partial charge in [-0.3, -0.25) is 14.9 Å². The van der Waals surface area contributed by atoms with E-state index in [4.69, 9.17) is 11.6 Å². The van der Waals surface area contributed by atoms with Crippen molar-refractivity contribution >= 4 is 28.9 Å². The van der Waals surface area contributed by atoms with Crippen LogP contribution in [0.2, 0.25) is 5.02 Å². The van der Waals surface area contributed by atoms with Crippen LogP contribution in [0.25, 0.3) is 0 Å². The summed E-state index contributed by atoms with van der Waals surface area (Å²) in [5.41, 5.74) is 1.73. The third-order valence-electron chi connectivity index (χ3n) is 5.08. The number of halogens is 1. The van der Waals surface area contributed by atoms with Crippen LogP contribution in [-0.2, 0) is 4.79 Å². The highest BCUT2D eigenvalue weighted by Gasteiger charge is 2.26. The maximum absolute atomic E-state index is 12.5. The average Bonchev–Trinajstić information content (AvgIpc) is 2.72. The lowest BCUT2D eigenvalue weighted by atomic mass is 10.1. The second kappa shape index (κ2) is 9.03. The Morgan fingerprint density at radius 2 is 1.86 bits per heavy atom. The van der Waals surface area contributed by atoms with E-state index in [1.165, 1.54) is 11.6 Å². The van der Waals surface area contributed by atoms with Crippen molar-refractivity contribution in [1.29, 1.82) is 0 Å². The molecule has 0 bridgehead atoms. The molecule has 1 aliphatic heterocycles. The third kappa shape index (κ3) is 4.79. The smallest absolute Gasteiger partial charge is 0.294 e. The van der Waals surface area contributed by atoms with Crippen molar-refractivity contribution in [1.82, 2.24) is 4.90 Å². The fraction of sp³-hybridized carbons (Fsp3) is 0.350. The van der Waals surface area contributed by atoms with Crippen molar-refractivity contribution in [2.45, 2.75) is 13.0 Å². The van der Waals surface area contributed by atoms with E-state index < -0.39 is 4.92 Å². The van der Waals surface area contributed by atoms with E-state index >= 15 is 0 Å². The molecule has 1 amide bonds. The summed E-state index contributed by atoms with van der Waals surface area (Å²) in [4.78, 5) is 27.2. The first kappa shape index (κ1) is 20.1. The van der Waals surface area contributed by atoms with Crippen LogP contribution in [0.4, 0.5) is 11.4 Å². The molecule has 28 heavy (non-hydrogen) atoms. The number of quaternary nitrogens is 1. The van der Waals surface area contributed by atoms with Gasteiger partial charge in [0.05, 0.1) is 4.92 Å². The Balaban J connectivity index is 1.54. The number of nitro groups is 1. The summed E-state index contributed by atoms with van der Waals surface area (Å²) in [6, 6.07) is 15.0. The van der Waals surface area contributed by atoms with Crippen molar-refractivity contribution in [3.8, 4) is 0 Å². The Morgan fingerprint density at radius 1 is 1.18 bits per heavy atom. The lowest BCUT2D eigenvalue weighted by Gasteiger charge is -2.35. The van der Waals surface area contributed by atoms with Crippen molar-refractivity contribution in [3.63, 3.8) is 0 Å². The molecular formula is C20H24ClN4O3+. The molecule has 0 aliphatic carbocycles. The van der Waals surface area contributed by atoms with E-state index in [2.05, 4.69) is 19.1 Å². The highest BCUT2D eigenvalue weighted by molar-refractivity contribution is 6.30. The molecule has 2 aromatic rings. The largest absolute Gasteiger partial charge is 0.362 e. The monoisotopic (exact) mass is 403 g/mol. The van der Waals surface area contributed by atoms with Gasteiger partial charge in [0.25, 0.3) is 11.6 Å². The molecule has 0 aromatic heterocycles. The predicted octanol–water partition coefficient (Wildman–Crippen LogP) is 2.22. The lowest BCUT2D eigenvalue weighted by molar-refractivity contribution is -0.683. The Labute approximate surface area is 169 Å². The number of carbonyl (C=O) groups excluding carboxylic acids is 1. The van der Waals surface area contributed by atoms with Crippen molar-refractivity contribution < 1.29 is 15.0 Å². The minimum atomic E-state index is -0.418. The standard InChI is InChI=1S/C20H23ClN4O3/c1-15(16-5-3-2-4-6-16)22-14-20(26)24-11-9-23(10-12-24)18-8-7-17(21)13-19(18)25(27)28/h2-8,13,15,22H,9-12,14H2,1H3/p+1/t15-/m0/s1. The third-order valence-corrected chi connectivity index (χ3v) is 5.31. The molecule has 1 atom stereocenters. The molecule has 7 nitrogen and oxygen atoms in total. The van der Waals surface area contributed by atoms with Gasteiger partial charge in [0.2, 0.25) is 0 Å². The molecule has 0 unspecified atom stereocenters. The lowest BCUT2D eigenvalue weighted by Crippen LogP contribution is -2.87. The highest BCUT2D eigenvalue weighted by atomic mass is 35.5. The second-order valence-electron chi connectivity index (χ2n) is 6.90. The Bertz CT molecular complexity index is 839. The number of anilines is 1. The van der Waals surface area contributed by atoms with E-state index in [1.54, 1.807) is 12.1 Å². The van der Waals surface area contributed by atoms with Crippen molar-refractivity contribution in [2.24, 2.45) is 0 Å². The van der Waals surface area contributed by atoms with Gasteiger partial charge in [-0.2, -0.15) is 0 Å². The molecule has 1 saturated heterocycles. The molecule has 8 heteroatoms. The van der Waals surface area contributed by atoms with Gasteiger partial charge in [0.1, 0.15) is 11.7 Å². The van der Waals surface area contributed by atoms with Gasteiger partial charge in [-0.25, -0.2) is 0 Å². The van der Waals surface area contributed by atoms with E-state index in [9.17, 15) is 14.9 Å². The first-order valence-corrected chi connectivity index (χ1v) is 9.68. The van der Waals surface area contributed by atoms with Crippen LogP contribution in [-0.4, -0.2) is 48.5 Å². The van der Waals surface area contributed by atoms with Crippen molar-refractivity contribution in [2.75, 3.05) is 37.6 Å². The van der Waals surface area contributed by atoms with E-state index in [0.717, 1.165) is 0 Å². The number of hydrogen-bond donors (Lipinski definition) is 1. The van der Waals surface area contributed by atoms with E-state index in [0.29, 0.717) is 43.4 Å². The Kier molecular flexibility index (Phi) is 6.49. The average molecular weight is 404 g/mol. The van der Waals surface area contributed by atoms with Crippen LogP contribution in [0.3, 0.4) is 0 Å². The minimum absolute atomic E-state index is 0.00250. The molecule has 0 radical (unpaired) electrons. The number of carbonyl (C=O) groups is 1. The number of amides is 1. The molecule has 0 saturated carbocycles. The van der Waals surface area contributed by atoms with E-state index in [1.807, 2.05) is 33.3 Å². The summed E-state index contributed by atoms with van der Waals surface area (Å²) in [7, 11) is 0. The van der Waals surface area contributed by atoms with Gasteiger partial charge in [-0.15, -0.1) is 0 Å². The van der Waals surface area contributed by atoms with Gasteiger partial charge >= 0.3 is 0 Å². The van der Waals surface area contributed by atoms with E-state index in [-0.39, 0.29) is 17.6 Å². The number of nitrogens with zero attached hydrogens (tertiary/aromatic N) is 3. The summed E-state index contributed by atoms with van der Waals surface area (Å²) in [6.45, 7) is 4.68. The normalized spacial score (nSPS) is 15.4. The minimum Gasteiger partial charge on any atom is -0.362 e. The van der Waals surface area contributed by atoms with Gasteiger partial charge in [-0.1, -0.05) is 41.9 Å². The summed E-state index contributed by atoms with van der Waals surface area (Å²) in [5, 5.41) is 13.7. The topological polar surface area (TPSA) is 83.3 Å². The second-order valence-corrected chi connectivity index (χ2v) is 7.33. The van der Waals surface area contributed by atoms with Crippen molar-refractivity contribution in [3.05, 3.63) is 69.2 Å². The van der Waals surface area contributed by atoms with Gasteiger partial charge in [0.15, 0.2) is 6.54 Å². The molecule has 3 rings (SSSR count). The molecule has 1 heterocycles. The number of piperazine rings is 1. The Hall–Kier alpha value is -2.64. The fourth-order valence-electron chi connectivity index (χ4n) is 3.41. The molecule has 2 N–H and O–H groups in total. The quantitative estimate of drug-likeness (QED) is 0.592. The summed E-state index contributed by atoms with van der Waals surface area (Å²) >= 11 is 5.89.